The van der Waals surface area contributed by atoms with Gasteiger partial charge in [0.1, 0.15) is 0 Å². The van der Waals surface area contributed by atoms with Crippen molar-refractivity contribution in [2.75, 3.05) is 19.6 Å². The molecule has 1 aliphatic heterocycles. The molecule has 0 unspecified atom stereocenters. The molecular formula is C18H27N3O. The molecule has 0 radical (unpaired) electrons. The third-order valence-corrected chi connectivity index (χ3v) is 4.25. The van der Waals surface area contributed by atoms with Crippen LogP contribution in [0.2, 0.25) is 0 Å². The molecule has 1 fully saturated rings. The SMILES string of the molecule is C[C@@H]1CN(C(C)(C)CNCc2ccc(C#N)cc2)C[C@H](C)O1. The van der Waals surface area contributed by atoms with E-state index in [0.717, 1.165) is 26.2 Å². The maximum Gasteiger partial charge on any atom is 0.0991 e. The minimum absolute atomic E-state index is 0.0961. The predicted octanol–water partition coefficient (Wildman–Crippen LogP) is 2.54. The maximum atomic E-state index is 8.82. The molecule has 0 amide bonds. The summed E-state index contributed by atoms with van der Waals surface area (Å²) in [6.07, 6.45) is 0.586. The molecule has 0 spiro atoms. The van der Waals surface area contributed by atoms with Crippen molar-refractivity contribution >= 4 is 0 Å². The van der Waals surface area contributed by atoms with E-state index in [1.165, 1.54) is 5.56 Å². The number of nitrogens with one attached hydrogen (secondary N) is 1. The van der Waals surface area contributed by atoms with Gasteiger partial charge in [0.2, 0.25) is 0 Å². The van der Waals surface area contributed by atoms with Gasteiger partial charge in [0, 0.05) is 31.7 Å². The van der Waals surface area contributed by atoms with Gasteiger partial charge in [0.05, 0.1) is 23.8 Å². The molecule has 0 saturated carbocycles. The number of rotatable bonds is 5. The monoisotopic (exact) mass is 301 g/mol. The standard InChI is InChI=1S/C18H27N3O/c1-14-11-21(12-15(2)22-14)18(3,4)13-20-10-17-7-5-16(9-19)6-8-17/h5-8,14-15,20H,10-13H2,1-4H3/t14-,15+. The van der Waals surface area contributed by atoms with Gasteiger partial charge in [-0.05, 0) is 45.4 Å². The van der Waals surface area contributed by atoms with Gasteiger partial charge in [-0.3, -0.25) is 4.90 Å². The van der Waals surface area contributed by atoms with Crippen LogP contribution in [0.1, 0.15) is 38.8 Å². The van der Waals surface area contributed by atoms with E-state index in [-0.39, 0.29) is 5.54 Å². The Balaban J connectivity index is 1.85. The van der Waals surface area contributed by atoms with Gasteiger partial charge in [0.15, 0.2) is 0 Å². The second-order valence-corrected chi connectivity index (χ2v) is 6.89. The molecule has 0 aliphatic carbocycles. The van der Waals surface area contributed by atoms with E-state index in [4.69, 9.17) is 10.00 Å². The lowest BCUT2D eigenvalue weighted by Gasteiger charge is -2.45. The number of hydrogen-bond donors (Lipinski definition) is 1. The molecule has 1 aromatic rings. The Morgan fingerprint density at radius 1 is 1.23 bits per heavy atom. The summed E-state index contributed by atoms with van der Waals surface area (Å²) in [7, 11) is 0. The van der Waals surface area contributed by atoms with E-state index >= 15 is 0 Å². The lowest BCUT2D eigenvalue weighted by Crippen LogP contribution is -2.58. The van der Waals surface area contributed by atoms with Crippen LogP contribution < -0.4 is 5.32 Å². The zero-order valence-electron chi connectivity index (χ0n) is 14.1. The van der Waals surface area contributed by atoms with E-state index in [1.807, 2.05) is 24.3 Å². The molecular weight excluding hydrogens is 274 g/mol. The topological polar surface area (TPSA) is 48.3 Å². The highest BCUT2D eigenvalue weighted by atomic mass is 16.5. The van der Waals surface area contributed by atoms with Crippen LogP contribution in [-0.2, 0) is 11.3 Å². The molecule has 120 valence electrons. The Labute approximate surface area is 134 Å². The average Bonchev–Trinajstić information content (AvgIpc) is 2.47. The molecule has 1 N–H and O–H groups in total. The lowest BCUT2D eigenvalue weighted by molar-refractivity contribution is -0.0952. The number of ether oxygens (including phenoxy) is 1. The molecule has 1 aromatic carbocycles. The Kier molecular flexibility index (Phi) is 5.57. The molecule has 1 aliphatic rings. The van der Waals surface area contributed by atoms with E-state index in [2.05, 4.69) is 44.0 Å². The Morgan fingerprint density at radius 3 is 2.36 bits per heavy atom. The van der Waals surface area contributed by atoms with Crippen molar-refractivity contribution in [2.24, 2.45) is 0 Å². The number of nitrogens with zero attached hydrogens (tertiary/aromatic N) is 2. The lowest BCUT2D eigenvalue weighted by atomic mass is 10.00. The smallest absolute Gasteiger partial charge is 0.0991 e. The average molecular weight is 301 g/mol. The normalized spacial score (nSPS) is 23.2. The third-order valence-electron chi connectivity index (χ3n) is 4.25. The second kappa shape index (κ2) is 7.23. The summed E-state index contributed by atoms with van der Waals surface area (Å²) in [6, 6.07) is 9.91. The van der Waals surface area contributed by atoms with Crippen LogP contribution in [0.25, 0.3) is 0 Å². The maximum absolute atomic E-state index is 8.82. The first-order valence-corrected chi connectivity index (χ1v) is 8.01. The van der Waals surface area contributed by atoms with E-state index in [0.29, 0.717) is 17.8 Å². The number of benzene rings is 1. The van der Waals surface area contributed by atoms with Gasteiger partial charge in [-0.25, -0.2) is 0 Å². The van der Waals surface area contributed by atoms with Crippen LogP contribution in [0.4, 0.5) is 0 Å². The van der Waals surface area contributed by atoms with Crippen molar-refractivity contribution < 1.29 is 4.74 Å². The molecule has 22 heavy (non-hydrogen) atoms. The van der Waals surface area contributed by atoms with Gasteiger partial charge in [0.25, 0.3) is 0 Å². The van der Waals surface area contributed by atoms with Crippen molar-refractivity contribution in [1.82, 2.24) is 10.2 Å². The molecule has 4 nitrogen and oxygen atoms in total. The molecule has 1 heterocycles. The highest BCUT2D eigenvalue weighted by Crippen LogP contribution is 2.20. The van der Waals surface area contributed by atoms with Crippen molar-refractivity contribution in [3.63, 3.8) is 0 Å². The summed E-state index contributed by atoms with van der Waals surface area (Å²) in [6.45, 7) is 12.6. The van der Waals surface area contributed by atoms with Crippen LogP contribution in [0, 0.1) is 11.3 Å². The fourth-order valence-corrected chi connectivity index (χ4v) is 2.99. The van der Waals surface area contributed by atoms with Crippen LogP contribution in [0.15, 0.2) is 24.3 Å². The van der Waals surface area contributed by atoms with E-state index in [1.54, 1.807) is 0 Å². The van der Waals surface area contributed by atoms with Crippen molar-refractivity contribution in [3.05, 3.63) is 35.4 Å². The quantitative estimate of drug-likeness (QED) is 0.908. The fourth-order valence-electron chi connectivity index (χ4n) is 2.99. The van der Waals surface area contributed by atoms with Crippen molar-refractivity contribution in [1.29, 1.82) is 5.26 Å². The summed E-state index contributed by atoms with van der Waals surface area (Å²) >= 11 is 0. The Hall–Kier alpha value is -1.41. The minimum atomic E-state index is 0.0961. The largest absolute Gasteiger partial charge is 0.373 e. The number of morpholine rings is 1. The summed E-state index contributed by atoms with van der Waals surface area (Å²) in [5, 5.41) is 12.4. The minimum Gasteiger partial charge on any atom is -0.373 e. The van der Waals surface area contributed by atoms with Gasteiger partial charge in [-0.15, -0.1) is 0 Å². The Morgan fingerprint density at radius 2 is 1.82 bits per heavy atom. The van der Waals surface area contributed by atoms with E-state index < -0.39 is 0 Å². The summed E-state index contributed by atoms with van der Waals surface area (Å²) in [4.78, 5) is 2.51. The highest BCUT2D eigenvalue weighted by molar-refractivity contribution is 5.31. The number of nitriles is 1. The van der Waals surface area contributed by atoms with Gasteiger partial charge >= 0.3 is 0 Å². The zero-order chi connectivity index (χ0) is 16.2. The summed E-state index contributed by atoms with van der Waals surface area (Å²) in [5.41, 5.74) is 2.01. The summed E-state index contributed by atoms with van der Waals surface area (Å²) < 4.78 is 5.82. The molecule has 0 aromatic heterocycles. The van der Waals surface area contributed by atoms with Crippen LogP contribution in [0.5, 0.6) is 0 Å². The zero-order valence-corrected chi connectivity index (χ0v) is 14.1. The third kappa shape index (κ3) is 4.54. The molecule has 1 saturated heterocycles. The first-order chi connectivity index (χ1) is 10.4. The van der Waals surface area contributed by atoms with Crippen molar-refractivity contribution in [3.8, 4) is 6.07 Å². The van der Waals surface area contributed by atoms with Crippen LogP contribution in [-0.4, -0.2) is 42.3 Å². The molecule has 2 atom stereocenters. The number of hydrogen-bond acceptors (Lipinski definition) is 4. The fraction of sp³-hybridized carbons (Fsp3) is 0.611. The molecule has 2 rings (SSSR count). The molecule has 0 bridgehead atoms. The van der Waals surface area contributed by atoms with Gasteiger partial charge in [-0.1, -0.05) is 12.1 Å². The predicted molar refractivity (Wildman–Crippen MR) is 88.5 cm³/mol. The summed E-state index contributed by atoms with van der Waals surface area (Å²) in [5.74, 6) is 0. The first kappa shape index (κ1) is 17.0. The van der Waals surface area contributed by atoms with Crippen LogP contribution >= 0.6 is 0 Å². The highest BCUT2D eigenvalue weighted by Gasteiger charge is 2.32. The second-order valence-electron chi connectivity index (χ2n) is 6.89. The van der Waals surface area contributed by atoms with Crippen molar-refractivity contribution in [2.45, 2.75) is 52.0 Å². The Bertz CT molecular complexity index is 508. The first-order valence-electron chi connectivity index (χ1n) is 8.01. The molecule has 4 heteroatoms. The van der Waals surface area contributed by atoms with Gasteiger partial charge in [-0.2, -0.15) is 5.26 Å². The van der Waals surface area contributed by atoms with E-state index in [9.17, 15) is 0 Å². The van der Waals surface area contributed by atoms with Gasteiger partial charge < -0.3 is 10.1 Å². The van der Waals surface area contributed by atoms with Crippen LogP contribution in [0.3, 0.4) is 0 Å².